The van der Waals surface area contributed by atoms with E-state index in [1.165, 1.54) is 0 Å². The summed E-state index contributed by atoms with van der Waals surface area (Å²) in [5.41, 5.74) is 0.701. The van der Waals surface area contributed by atoms with Gasteiger partial charge in [0.25, 0.3) is 0 Å². The van der Waals surface area contributed by atoms with Gasteiger partial charge in [-0.1, -0.05) is 18.2 Å². The standard InChI is InChI=1S/C15H21F2NO3/c1-3-20-13-8-11(14(13)19-2)18-9-10-6-4-5-7-12(10)21-15(16)17/h4-7,11,13-15,18H,3,8-9H2,1-2H3. The van der Waals surface area contributed by atoms with Crippen molar-refractivity contribution < 1.29 is 23.0 Å². The number of nitrogens with one attached hydrogen (secondary N) is 1. The lowest BCUT2D eigenvalue weighted by Gasteiger charge is -2.43. The fourth-order valence-electron chi connectivity index (χ4n) is 2.58. The minimum Gasteiger partial charge on any atom is -0.434 e. The Hall–Kier alpha value is -1.24. The molecule has 0 amide bonds. The molecule has 0 heterocycles. The molecule has 1 aliphatic carbocycles. The molecule has 0 saturated heterocycles. The van der Waals surface area contributed by atoms with Gasteiger partial charge in [0, 0.05) is 31.9 Å². The van der Waals surface area contributed by atoms with E-state index in [4.69, 9.17) is 9.47 Å². The SMILES string of the molecule is CCOC1CC(NCc2ccccc2OC(F)F)C1OC. The number of para-hydroxylation sites is 1. The molecule has 0 aromatic heterocycles. The van der Waals surface area contributed by atoms with Crippen LogP contribution < -0.4 is 10.1 Å². The molecule has 0 spiro atoms. The maximum Gasteiger partial charge on any atom is 0.387 e. The number of rotatable bonds is 8. The van der Waals surface area contributed by atoms with Crippen molar-refractivity contribution in [1.82, 2.24) is 5.32 Å². The number of halogens is 2. The molecule has 4 nitrogen and oxygen atoms in total. The third-order valence-electron chi connectivity index (χ3n) is 3.65. The maximum atomic E-state index is 12.4. The molecule has 1 N–H and O–H groups in total. The van der Waals surface area contributed by atoms with E-state index in [0.29, 0.717) is 18.7 Å². The highest BCUT2D eigenvalue weighted by Gasteiger charge is 2.41. The first-order chi connectivity index (χ1) is 10.2. The lowest BCUT2D eigenvalue weighted by atomic mass is 9.85. The topological polar surface area (TPSA) is 39.7 Å². The van der Waals surface area contributed by atoms with Crippen LogP contribution >= 0.6 is 0 Å². The molecule has 1 aromatic rings. The van der Waals surface area contributed by atoms with E-state index in [1.54, 1.807) is 31.4 Å². The fraction of sp³-hybridized carbons (Fsp3) is 0.600. The van der Waals surface area contributed by atoms with Crippen LogP contribution in [0.5, 0.6) is 5.75 Å². The molecule has 3 unspecified atom stereocenters. The Bertz CT molecular complexity index is 445. The van der Waals surface area contributed by atoms with Crippen molar-refractivity contribution in [2.45, 2.75) is 44.8 Å². The van der Waals surface area contributed by atoms with Crippen LogP contribution in [0.15, 0.2) is 24.3 Å². The van der Waals surface area contributed by atoms with E-state index in [-0.39, 0.29) is 24.0 Å². The highest BCUT2D eigenvalue weighted by Crippen LogP contribution is 2.28. The molecular weight excluding hydrogens is 280 g/mol. The molecule has 0 radical (unpaired) electrons. The fourth-order valence-corrected chi connectivity index (χ4v) is 2.58. The molecule has 1 saturated carbocycles. The monoisotopic (exact) mass is 301 g/mol. The maximum absolute atomic E-state index is 12.4. The van der Waals surface area contributed by atoms with Crippen molar-refractivity contribution in [2.24, 2.45) is 0 Å². The van der Waals surface area contributed by atoms with Gasteiger partial charge in [0.1, 0.15) is 5.75 Å². The number of hydrogen-bond donors (Lipinski definition) is 1. The van der Waals surface area contributed by atoms with E-state index < -0.39 is 6.61 Å². The van der Waals surface area contributed by atoms with Crippen LogP contribution in [0.4, 0.5) is 8.78 Å². The second-order valence-corrected chi connectivity index (χ2v) is 4.90. The summed E-state index contributed by atoms with van der Waals surface area (Å²) in [6, 6.07) is 6.94. The van der Waals surface area contributed by atoms with Crippen LogP contribution in [0.3, 0.4) is 0 Å². The zero-order valence-electron chi connectivity index (χ0n) is 12.2. The van der Waals surface area contributed by atoms with Gasteiger partial charge in [0.05, 0.1) is 12.2 Å². The second kappa shape index (κ2) is 7.68. The Balaban J connectivity index is 1.89. The molecule has 1 fully saturated rings. The quantitative estimate of drug-likeness (QED) is 0.801. The van der Waals surface area contributed by atoms with Gasteiger partial charge in [-0.3, -0.25) is 0 Å². The predicted octanol–water partition coefficient (Wildman–Crippen LogP) is 2.57. The lowest BCUT2D eigenvalue weighted by Crippen LogP contribution is -2.59. The third kappa shape index (κ3) is 4.12. The predicted molar refractivity (Wildman–Crippen MR) is 74.5 cm³/mol. The molecule has 1 aromatic carbocycles. The summed E-state index contributed by atoms with van der Waals surface area (Å²) in [7, 11) is 1.65. The number of alkyl halides is 2. The van der Waals surface area contributed by atoms with Crippen molar-refractivity contribution in [3.8, 4) is 5.75 Å². The molecule has 3 atom stereocenters. The molecule has 2 rings (SSSR count). The van der Waals surface area contributed by atoms with Gasteiger partial charge >= 0.3 is 6.61 Å². The summed E-state index contributed by atoms with van der Waals surface area (Å²) in [5, 5.41) is 3.31. The van der Waals surface area contributed by atoms with Gasteiger partial charge in [-0.15, -0.1) is 0 Å². The second-order valence-electron chi connectivity index (χ2n) is 4.90. The van der Waals surface area contributed by atoms with Gasteiger partial charge in [-0.2, -0.15) is 8.78 Å². The third-order valence-corrected chi connectivity index (χ3v) is 3.65. The minimum atomic E-state index is -2.82. The molecule has 6 heteroatoms. The van der Waals surface area contributed by atoms with Crippen LogP contribution in [0, 0.1) is 0 Å². The lowest BCUT2D eigenvalue weighted by molar-refractivity contribution is -0.131. The average molecular weight is 301 g/mol. The Morgan fingerprint density at radius 1 is 1.33 bits per heavy atom. The molecule has 0 aliphatic heterocycles. The average Bonchev–Trinajstić information content (AvgIpc) is 2.43. The van der Waals surface area contributed by atoms with Crippen LogP contribution in [-0.4, -0.2) is 38.6 Å². The number of benzene rings is 1. The van der Waals surface area contributed by atoms with Crippen LogP contribution in [0.1, 0.15) is 18.9 Å². The highest BCUT2D eigenvalue weighted by molar-refractivity contribution is 5.33. The van der Waals surface area contributed by atoms with Crippen LogP contribution in [0.2, 0.25) is 0 Å². The van der Waals surface area contributed by atoms with E-state index in [0.717, 1.165) is 6.42 Å². The summed E-state index contributed by atoms with van der Waals surface area (Å²) in [5.74, 6) is 0.203. The van der Waals surface area contributed by atoms with Crippen LogP contribution in [-0.2, 0) is 16.0 Å². The first kappa shape index (κ1) is 16.1. The van der Waals surface area contributed by atoms with E-state index in [1.807, 2.05) is 6.92 Å². The number of hydrogen-bond acceptors (Lipinski definition) is 4. The molecule has 1 aliphatic rings. The molecular formula is C15H21F2NO3. The zero-order valence-corrected chi connectivity index (χ0v) is 12.2. The van der Waals surface area contributed by atoms with Gasteiger partial charge in [-0.05, 0) is 19.4 Å². The highest BCUT2D eigenvalue weighted by atomic mass is 19.3. The Kier molecular flexibility index (Phi) is 5.90. The molecule has 21 heavy (non-hydrogen) atoms. The van der Waals surface area contributed by atoms with Crippen molar-refractivity contribution in [2.75, 3.05) is 13.7 Å². The first-order valence-electron chi connectivity index (χ1n) is 7.06. The van der Waals surface area contributed by atoms with E-state index in [2.05, 4.69) is 10.1 Å². The van der Waals surface area contributed by atoms with E-state index in [9.17, 15) is 8.78 Å². The van der Waals surface area contributed by atoms with Crippen molar-refractivity contribution in [1.29, 1.82) is 0 Å². The van der Waals surface area contributed by atoms with Gasteiger partial charge in [-0.25, -0.2) is 0 Å². The normalized spacial score (nSPS) is 24.9. The van der Waals surface area contributed by atoms with Gasteiger partial charge in [0.15, 0.2) is 0 Å². The first-order valence-corrected chi connectivity index (χ1v) is 7.06. The summed E-state index contributed by atoms with van der Waals surface area (Å²) in [6.45, 7) is 0.240. The minimum absolute atomic E-state index is 0.00636. The number of methoxy groups -OCH3 is 1. The van der Waals surface area contributed by atoms with E-state index >= 15 is 0 Å². The molecule has 118 valence electrons. The Morgan fingerprint density at radius 2 is 2.10 bits per heavy atom. The van der Waals surface area contributed by atoms with Crippen molar-refractivity contribution in [3.05, 3.63) is 29.8 Å². The van der Waals surface area contributed by atoms with Gasteiger partial charge in [0.2, 0.25) is 0 Å². The van der Waals surface area contributed by atoms with Gasteiger partial charge < -0.3 is 19.5 Å². The van der Waals surface area contributed by atoms with Crippen molar-refractivity contribution >= 4 is 0 Å². The molecule has 0 bridgehead atoms. The summed E-state index contributed by atoms with van der Waals surface area (Å²) in [4.78, 5) is 0. The Morgan fingerprint density at radius 3 is 2.76 bits per heavy atom. The summed E-state index contributed by atoms with van der Waals surface area (Å²) < 4.78 is 40.2. The largest absolute Gasteiger partial charge is 0.434 e. The number of ether oxygens (including phenoxy) is 3. The van der Waals surface area contributed by atoms with Crippen LogP contribution in [0.25, 0.3) is 0 Å². The van der Waals surface area contributed by atoms with Crippen molar-refractivity contribution in [3.63, 3.8) is 0 Å². The zero-order chi connectivity index (χ0) is 15.2. The smallest absolute Gasteiger partial charge is 0.387 e. The summed E-state index contributed by atoms with van der Waals surface area (Å²) >= 11 is 0. The Labute approximate surface area is 123 Å². The summed E-state index contributed by atoms with van der Waals surface area (Å²) in [6.07, 6.45) is 0.947.